The lowest BCUT2D eigenvalue weighted by atomic mass is 10.3. The molecule has 106 valence electrons. The standard InChI is InChI=1S/C14H15ClNO3P/c1-18-13-5-3-4-6-14(13)19-20(2,17)16-12-9-7-11(15)8-10-12/h3-10H,1-2H3,(H,16,17)/t20-/m0/s1. The number of halogens is 1. The van der Waals surface area contributed by atoms with Gasteiger partial charge in [-0.2, -0.15) is 0 Å². The Labute approximate surface area is 123 Å². The number of para-hydroxylation sites is 2. The summed E-state index contributed by atoms with van der Waals surface area (Å²) in [5.41, 5.74) is 0.676. The van der Waals surface area contributed by atoms with E-state index in [0.717, 1.165) is 0 Å². The predicted octanol–water partition coefficient (Wildman–Crippen LogP) is 4.66. The zero-order chi connectivity index (χ0) is 14.6. The van der Waals surface area contributed by atoms with Crippen LogP contribution in [-0.2, 0) is 4.57 Å². The third kappa shape index (κ3) is 3.92. The quantitative estimate of drug-likeness (QED) is 0.816. The maximum atomic E-state index is 12.5. The fourth-order valence-electron chi connectivity index (χ4n) is 1.66. The monoisotopic (exact) mass is 311 g/mol. The van der Waals surface area contributed by atoms with Crippen LogP contribution in [0.4, 0.5) is 5.69 Å². The normalized spacial score (nSPS) is 13.3. The predicted molar refractivity (Wildman–Crippen MR) is 82.2 cm³/mol. The van der Waals surface area contributed by atoms with Gasteiger partial charge in [-0.1, -0.05) is 23.7 Å². The third-order valence-electron chi connectivity index (χ3n) is 2.52. The molecule has 0 fully saturated rings. The van der Waals surface area contributed by atoms with Gasteiger partial charge >= 0.3 is 7.52 Å². The summed E-state index contributed by atoms with van der Waals surface area (Å²) in [5.74, 6) is 0.967. The fraction of sp³-hybridized carbons (Fsp3) is 0.143. The first-order chi connectivity index (χ1) is 9.50. The summed E-state index contributed by atoms with van der Waals surface area (Å²) in [6.45, 7) is 1.51. The van der Waals surface area contributed by atoms with Crippen LogP contribution in [0.3, 0.4) is 0 Å². The second-order valence-corrected chi connectivity index (χ2v) is 6.74. The van der Waals surface area contributed by atoms with Crippen LogP contribution in [-0.4, -0.2) is 13.8 Å². The van der Waals surface area contributed by atoms with Gasteiger partial charge in [-0.25, -0.2) is 0 Å². The average Bonchev–Trinajstić information content (AvgIpc) is 2.41. The molecule has 0 aliphatic heterocycles. The molecule has 2 rings (SSSR count). The summed E-state index contributed by atoms with van der Waals surface area (Å²) >= 11 is 5.81. The maximum absolute atomic E-state index is 12.5. The Kier molecular flexibility index (Phi) is 4.58. The molecule has 4 nitrogen and oxygen atoms in total. The molecular formula is C14H15ClNO3P. The van der Waals surface area contributed by atoms with Crippen LogP contribution >= 0.6 is 19.1 Å². The number of ether oxygens (including phenoxy) is 1. The molecular weight excluding hydrogens is 297 g/mol. The molecule has 0 aliphatic carbocycles. The van der Waals surface area contributed by atoms with Crippen molar-refractivity contribution in [2.45, 2.75) is 0 Å². The van der Waals surface area contributed by atoms with E-state index in [1.54, 1.807) is 42.5 Å². The van der Waals surface area contributed by atoms with Crippen LogP contribution in [0.1, 0.15) is 0 Å². The first-order valence-corrected chi connectivity index (χ1v) is 8.39. The molecule has 0 aromatic heterocycles. The summed E-state index contributed by atoms with van der Waals surface area (Å²) in [4.78, 5) is 0. The van der Waals surface area contributed by atoms with Crippen molar-refractivity contribution in [3.63, 3.8) is 0 Å². The molecule has 2 aromatic carbocycles. The second-order valence-electron chi connectivity index (χ2n) is 4.21. The Bertz CT molecular complexity index is 631. The molecule has 6 heteroatoms. The highest BCUT2D eigenvalue weighted by Crippen LogP contribution is 2.45. The van der Waals surface area contributed by atoms with Gasteiger partial charge in [0.1, 0.15) is 0 Å². The molecule has 20 heavy (non-hydrogen) atoms. The Hall–Kier alpha value is -1.64. The van der Waals surface area contributed by atoms with Crippen molar-refractivity contribution in [2.75, 3.05) is 18.9 Å². The number of nitrogens with one attached hydrogen (secondary N) is 1. The van der Waals surface area contributed by atoms with Crippen LogP contribution < -0.4 is 14.3 Å². The molecule has 0 saturated heterocycles. The number of hydrogen-bond acceptors (Lipinski definition) is 3. The van der Waals surface area contributed by atoms with Crippen LogP contribution in [0, 0.1) is 0 Å². The van der Waals surface area contributed by atoms with E-state index in [2.05, 4.69) is 5.09 Å². The lowest BCUT2D eigenvalue weighted by Gasteiger charge is -2.18. The molecule has 0 heterocycles. The number of methoxy groups -OCH3 is 1. The highest BCUT2D eigenvalue weighted by atomic mass is 35.5. The Morgan fingerprint density at radius 3 is 2.25 bits per heavy atom. The van der Waals surface area contributed by atoms with Gasteiger partial charge in [-0.3, -0.25) is 4.57 Å². The Morgan fingerprint density at radius 2 is 1.65 bits per heavy atom. The van der Waals surface area contributed by atoms with Crippen molar-refractivity contribution in [2.24, 2.45) is 0 Å². The van der Waals surface area contributed by atoms with E-state index >= 15 is 0 Å². The molecule has 1 N–H and O–H groups in total. The topological polar surface area (TPSA) is 47.6 Å². The van der Waals surface area contributed by atoms with Gasteiger partial charge in [0.25, 0.3) is 0 Å². The molecule has 0 aliphatic rings. The molecule has 2 aromatic rings. The van der Waals surface area contributed by atoms with Crippen LogP contribution in [0.2, 0.25) is 5.02 Å². The Balaban J connectivity index is 2.14. The van der Waals surface area contributed by atoms with Crippen LogP contribution in [0.5, 0.6) is 11.5 Å². The van der Waals surface area contributed by atoms with Crippen molar-refractivity contribution in [3.05, 3.63) is 53.6 Å². The summed E-state index contributed by atoms with van der Waals surface area (Å²) in [6, 6.07) is 14.0. The van der Waals surface area contributed by atoms with Gasteiger partial charge in [-0.05, 0) is 36.4 Å². The van der Waals surface area contributed by atoms with Gasteiger partial charge in [0.05, 0.1) is 7.11 Å². The molecule has 1 atom stereocenters. The number of rotatable bonds is 5. The third-order valence-corrected chi connectivity index (χ3v) is 3.98. The largest absolute Gasteiger partial charge is 0.493 e. The first-order valence-electron chi connectivity index (χ1n) is 5.94. The van der Waals surface area contributed by atoms with Gasteiger partial charge in [-0.15, -0.1) is 0 Å². The zero-order valence-electron chi connectivity index (χ0n) is 11.2. The number of benzene rings is 2. The minimum atomic E-state index is -3.06. The minimum absolute atomic E-state index is 0.433. The highest BCUT2D eigenvalue weighted by Gasteiger charge is 2.19. The van der Waals surface area contributed by atoms with Gasteiger partial charge in [0.2, 0.25) is 0 Å². The van der Waals surface area contributed by atoms with E-state index in [9.17, 15) is 4.57 Å². The first kappa shape index (κ1) is 14.8. The van der Waals surface area contributed by atoms with E-state index in [-0.39, 0.29) is 0 Å². The van der Waals surface area contributed by atoms with E-state index in [0.29, 0.717) is 22.2 Å². The van der Waals surface area contributed by atoms with Crippen molar-refractivity contribution in [3.8, 4) is 11.5 Å². The van der Waals surface area contributed by atoms with E-state index in [1.165, 1.54) is 13.8 Å². The summed E-state index contributed by atoms with van der Waals surface area (Å²) < 4.78 is 23.2. The summed E-state index contributed by atoms with van der Waals surface area (Å²) in [7, 11) is -1.53. The van der Waals surface area contributed by atoms with Crippen molar-refractivity contribution in [1.82, 2.24) is 0 Å². The van der Waals surface area contributed by atoms with Gasteiger partial charge in [0.15, 0.2) is 11.5 Å². The molecule has 0 bridgehead atoms. The molecule has 0 unspecified atom stereocenters. The Morgan fingerprint density at radius 1 is 1.05 bits per heavy atom. The van der Waals surface area contributed by atoms with Crippen LogP contribution in [0.15, 0.2) is 48.5 Å². The molecule has 0 amide bonds. The van der Waals surface area contributed by atoms with E-state index in [4.69, 9.17) is 20.9 Å². The van der Waals surface area contributed by atoms with E-state index < -0.39 is 7.52 Å². The smallest absolute Gasteiger partial charge is 0.338 e. The molecule has 0 radical (unpaired) electrons. The van der Waals surface area contributed by atoms with Crippen molar-refractivity contribution >= 4 is 24.8 Å². The van der Waals surface area contributed by atoms with Gasteiger partial charge in [0, 0.05) is 17.4 Å². The minimum Gasteiger partial charge on any atom is -0.493 e. The second kappa shape index (κ2) is 6.21. The van der Waals surface area contributed by atoms with Gasteiger partial charge < -0.3 is 14.3 Å². The molecule has 0 saturated carbocycles. The zero-order valence-corrected chi connectivity index (χ0v) is 12.8. The van der Waals surface area contributed by atoms with E-state index in [1.807, 2.05) is 6.07 Å². The van der Waals surface area contributed by atoms with Crippen molar-refractivity contribution < 1.29 is 13.8 Å². The van der Waals surface area contributed by atoms with Crippen molar-refractivity contribution in [1.29, 1.82) is 0 Å². The lowest BCUT2D eigenvalue weighted by molar-refractivity contribution is 0.391. The number of anilines is 1. The SMILES string of the molecule is COc1ccccc1O[P@](C)(=O)Nc1ccc(Cl)cc1. The highest BCUT2D eigenvalue weighted by molar-refractivity contribution is 7.60. The summed E-state index contributed by atoms with van der Waals surface area (Å²) in [5, 5.41) is 3.48. The summed E-state index contributed by atoms with van der Waals surface area (Å²) in [6.07, 6.45) is 0. The maximum Gasteiger partial charge on any atom is 0.338 e. The van der Waals surface area contributed by atoms with Crippen LogP contribution in [0.25, 0.3) is 0 Å². The fourth-order valence-corrected chi connectivity index (χ4v) is 2.98. The molecule has 0 spiro atoms. The number of hydrogen-bond donors (Lipinski definition) is 1. The lowest BCUT2D eigenvalue weighted by Crippen LogP contribution is -2.03. The average molecular weight is 312 g/mol.